The molecule has 0 bridgehead atoms. The summed E-state index contributed by atoms with van der Waals surface area (Å²) >= 11 is 1.99. The molecule has 1 unspecified atom stereocenters. The lowest BCUT2D eigenvalue weighted by Crippen LogP contribution is -2.17. The fourth-order valence-electron chi connectivity index (χ4n) is 2.58. The first-order valence-corrected chi connectivity index (χ1v) is 7.90. The van der Waals surface area contributed by atoms with Gasteiger partial charge in [-0.2, -0.15) is 0 Å². The molecule has 0 heterocycles. The molecular formula is C15H22N2OS. The van der Waals surface area contributed by atoms with Crippen molar-refractivity contribution in [2.75, 3.05) is 0 Å². The molecule has 3 N–H and O–H groups in total. The van der Waals surface area contributed by atoms with E-state index in [1.54, 1.807) is 0 Å². The molecule has 2 rings (SSSR count). The van der Waals surface area contributed by atoms with E-state index in [-0.39, 0.29) is 0 Å². The average Bonchev–Trinajstić information content (AvgIpc) is 2.48. The van der Waals surface area contributed by atoms with Crippen LogP contribution < -0.4 is 5.73 Å². The number of nitrogens with zero attached hydrogens (tertiary/aromatic N) is 1. The highest BCUT2D eigenvalue weighted by Gasteiger charge is 2.21. The van der Waals surface area contributed by atoms with Gasteiger partial charge >= 0.3 is 0 Å². The molecule has 0 spiro atoms. The summed E-state index contributed by atoms with van der Waals surface area (Å²) in [4.78, 5) is 0. The number of rotatable bonds is 5. The molecule has 1 saturated carbocycles. The van der Waals surface area contributed by atoms with Crippen molar-refractivity contribution in [3.8, 4) is 0 Å². The molecule has 4 heteroatoms. The van der Waals surface area contributed by atoms with Crippen LogP contribution in [0.4, 0.5) is 0 Å². The van der Waals surface area contributed by atoms with Gasteiger partial charge in [0.1, 0.15) is 5.84 Å². The molecule has 0 amide bonds. The Kier molecular flexibility index (Phi) is 5.58. The van der Waals surface area contributed by atoms with Gasteiger partial charge in [0.15, 0.2) is 0 Å². The van der Waals surface area contributed by atoms with Crippen molar-refractivity contribution < 1.29 is 5.21 Å². The Balaban J connectivity index is 2.05. The van der Waals surface area contributed by atoms with E-state index in [1.807, 2.05) is 17.8 Å². The molecule has 0 saturated heterocycles. The van der Waals surface area contributed by atoms with Gasteiger partial charge in [-0.15, -0.1) is 11.8 Å². The van der Waals surface area contributed by atoms with Crippen LogP contribution in [0.3, 0.4) is 0 Å². The monoisotopic (exact) mass is 278 g/mol. The van der Waals surface area contributed by atoms with E-state index in [4.69, 9.17) is 10.9 Å². The van der Waals surface area contributed by atoms with E-state index in [0.29, 0.717) is 22.8 Å². The minimum atomic E-state index is 0.292. The molecule has 1 fully saturated rings. The summed E-state index contributed by atoms with van der Waals surface area (Å²) in [7, 11) is 0. The van der Waals surface area contributed by atoms with Crippen molar-refractivity contribution in [2.45, 2.75) is 49.0 Å². The highest BCUT2D eigenvalue weighted by atomic mass is 32.2. The summed E-state index contributed by atoms with van der Waals surface area (Å²) in [5.74, 6) is 0.317. The first-order valence-electron chi connectivity index (χ1n) is 6.96. The van der Waals surface area contributed by atoms with E-state index >= 15 is 0 Å². The predicted molar refractivity (Wildman–Crippen MR) is 81.7 cm³/mol. The Morgan fingerprint density at radius 1 is 1.26 bits per heavy atom. The molecule has 1 aromatic carbocycles. The third-order valence-electron chi connectivity index (χ3n) is 3.60. The first kappa shape index (κ1) is 14.3. The maximum atomic E-state index is 8.79. The molecule has 0 radical (unpaired) electrons. The SMILES string of the molecule is NC(CC(SC1CCCCC1)c1ccccc1)=NO. The summed E-state index contributed by atoms with van der Waals surface area (Å²) < 4.78 is 0. The fraction of sp³-hybridized carbons (Fsp3) is 0.533. The van der Waals surface area contributed by atoms with Crippen LogP contribution in [0.25, 0.3) is 0 Å². The standard InChI is InChI=1S/C15H22N2OS/c16-15(17-18)11-14(12-7-3-1-4-8-12)19-13-9-5-2-6-10-13/h1,3-4,7-8,13-14,18H,2,5-6,9-11H2,(H2,16,17). The van der Waals surface area contributed by atoms with Crippen molar-refractivity contribution in [1.29, 1.82) is 0 Å². The topological polar surface area (TPSA) is 58.6 Å². The number of amidine groups is 1. The van der Waals surface area contributed by atoms with Gasteiger partial charge in [0.05, 0.1) is 0 Å². The third kappa shape index (κ3) is 4.46. The van der Waals surface area contributed by atoms with Crippen LogP contribution in [0.15, 0.2) is 35.5 Å². The molecule has 104 valence electrons. The summed E-state index contributed by atoms with van der Waals surface area (Å²) in [6.07, 6.45) is 7.24. The van der Waals surface area contributed by atoms with Crippen molar-refractivity contribution in [3.05, 3.63) is 35.9 Å². The maximum absolute atomic E-state index is 8.79. The normalized spacial score (nSPS) is 19.3. The van der Waals surface area contributed by atoms with Crippen LogP contribution in [-0.4, -0.2) is 16.3 Å². The molecule has 0 aliphatic heterocycles. The summed E-state index contributed by atoms with van der Waals surface area (Å²) in [5.41, 5.74) is 6.97. The second kappa shape index (κ2) is 7.43. The summed E-state index contributed by atoms with van der Waals surface area (Å²) in [6, 6.07) is 10.4. The van der Waals surface area contributed by atoms with Gasteiger partial charge in [0, 0.05) is 16.9 Å². The van der Waals surface area contributed by atoms with Crippen LogP contribution in [0.2, 0.25) is 0 Å². The van der Waals surface area contributed by atoms with E-state index in [0.717, 1.165) is 0 Å². The van der Waals surface area contributed by atoms with E-state index < -0.39 is 0 Å². The number of thioether (sulfide) groups is 1. The van der Waals surface area contributed by atoms with Gasteiger partial charge in [-0.1, -0.05) is 54.8 Å². The number of hydrogen-bond acceptors (Lipinski definition) is 3. The lowest BCUT2D eigenvalue weighted by molar-refractivity contribution is 0.317. The molecule has 19 heavy (non-hydrogen) atoms. The molecule has 1 aromatic rings. The van der Waals surface area contributed by atoms with Crippen molar-refractivity contribution in [3.63, 3.8) is 0 Å². The second-order valence-electron chi connectivity index (χ2n) is 5.09. The van der Waals surface area contributed by atoms with Crippen LogP contribution >= 0.6 is 11.8 Å². The lowest BCUT2D eigenvalue weighted by atomic mass is 10.0. The minimum absolute atomic E-state index is 0.292. The van der Waals surface area contributed by atoms with Gasteiger partial charge in [-0.3, -0.25) is 0 Å². The summed E-state index contributed by atoms with van der Waals surface area (Å²) in [6.45, 7) is 0. The van der Waals surface area contributed by atoms with Gasteiger partial charge in [-0.05, 0) is 18.4 Å². The number of nitrogens with two attached hydrogens (primary N) is 1. The maximum Gasteiger partial charge on any atom is 0.140 e. The Labute approximate surface area is 119 Å². The zero-order chi connectivity index (χ0) is 13.5. The largest absolute Gasteiger partial charge is 0.409 e. The van der Waals surface area contributed by atoms with Crippen molar-refractivity contribution >= 4 is 17.6 Å². The first-order chi connectivity index (χ1) is 9.29. The summed E-state index contributed by atoms with van der Waals surface area (Å²) in [5, 5.41) is 12.9. The number of oxime groups is 1. The van der Waals surface area contributed by atoms with E-state index in [1.165, 1.54) is 37.7 Å². The zero-order valence-corrected chi connectivity index (χ0v) is 12.0. The van der Waals surface area contributed by atoms with Gasteiger partial charge in [-0.25, -0.2) is 0 Å². The molecule has 3 nitrogen and oxygen atoms in total. The predicted octanol–water partition coefficient (Wildman–Crippen LogP) is 3.93. The van der Waals surface area contributed by atoms with Crippen LogP contribution in [0.1, 0.15) is 49.3 Å². The van der Waals surface area contributed by atoms with Gasteiger partial charge in [0.2, 0.25) is 0 Å². The molecule has 1 aliphatic carbocycles. The minimum Gasteiger partial charge on any atom is -0.409 e. The third-order valence-corrected chi connectivity index (χ3v) is 5.23. The van der Waals surface area contributed by atoms with E-state index in [2.05, 4.69) is 29.4 Å². The highest BCUT2D eigenvalue weighted by molar-refractivity contribution is 8.00. The van der Waals surface area contributed by atoms with Crippen LogP contribution in [-0.2, 0) is 0 Å². The lowest BCUT2D eigenvalue weighted by Gasteiger charge is -2.26. The fourth-order valence-corrected chi connectivity index (χ4v) is 4.23. The van der Waals surface area contributed by atoms with Gasteiger partial charge in [0.25, 0.3) is 0 Å². The second-order valence-corrected chi connectivity index (χ2v) is 6.60. The van der Waals surface area contributed by atoms with Gasteiger partial charge < -0.3 is 10.9 Å². The average molecular weight is 278 g/mol. The highest BCUT2D eigenvalue weighted by Crippen LogP contribution is 2.40. The Hall–Kier alpha value is -1.16. The molecule has 1 aliphatic rings. The molecular weight excluding hydrogens is 256 g/mol. The quantitative estimate of drug-likeness (QED) is 0.371. The number of hydrogen-bond donors (Lipinski definition) is 2. The Morgan fingerprint density at radius 2 is 1.95 bits per heavy atom. The van der Waals surface area contributed by atoms with Crippen molar-refractivity contribution in [2.24, 2.45) is 10.9 Å². The Morgan fingerprint density at radius 3 is 2.58 bits per heavy atom. The van der Waals surface area contributed by atoms with Crippen molar-refractivity contribution in [1.82, 2.24) is 0 Å². The molecule has 1 atom stereocenters. The Bertz CT molecular complexity index is 402. The molecule has 0 aromatic heterocycles. The smallest absolute Gasteiger partial charge is 0.140 e. The number of benzene rings is 1. The van der Waals surface area contributed by atoms with Crippen LogP contribution in [0.5, 0.6) is 0 Å². The van der Waals surface area contributed by atoms with Crippen LogP contribution in [0, 0.1) is 0 Å². The zero-order valence-electron chi connectivity index (χ0n) is 11.2. The van der Waals surface area contributed by atoms with E-state index in [9.17, 15) is 0 Å².